The minimum Gasteiger partial charge on any atom is -0.340 e. The zero-order valence-corrected chi connectivity index (χ0v) is 12.4. The summed E-state index contributed by atoms with van der Waals surface area (Å²) < 4.78 is 0.920. The van der Waals surface area contributed by atoms with E-state index in [1.165, 1.54) is 25.7 Å². The van der Waals surface area contributed by atoms with Crippen LogP contribution in [-0.4, -0.2) is 27.9 Å². The van der Waals surface area contributed by atoms with Crippen LogP contribution in [0.25, 0.3) is 0 Å². The lowest BCUT2D eigenvalue weighted by molar-refractivity contribution is 0.440. The molecule has 3 nitrogen and oxygen atoms in total. The highest BCUT2D eigenvalue weighted by molar-refractivity contribution is 9.10. The summed E-state index contributed by atoms with van der Waals surface area (Å²) in [5.74, 6) is 0.805. The maximum absolute atomic E-state index is 4.33. The van der Waals surface area contributed by atoms with E-state index in [0.717, 1.165) is 10.4 Å². The third-order valence-electron chi connectivity index (χ3n) is 3.07. The van der Waals surface area contributed by atoms with E-state index >= 15 is 0 Å². The number of hydrogen-bond acceptors (Lipinski definition) is 3. The molecule has 0 aromatic carbocycles. The van der Waals surface area contributed by atoms with Crippen molar-refractivity contribution in [1.29, 1.82) is 0 Å². The lowest BCUT2D eigenvalue weighted by atomic mass is 9.94. The summed E-state index contributed by atoms with van der Waals surface area (Å²) in [6.45, 7) is 0. The molecule has 1 aromatic rings. The topological polar surface area (TPSA) is 29.0 Å². The average molecular weight is 349 g/mol. The lowest BCUT2D eigenvalue weighted by Crippen LogP contribution is -2.41. The Morgan fingerprint density at radius 2 is 1.88 bits per heavy atom. The zero-order chi connectivity index (χ0) is 11.5. The predicted molar refractivity (Wildman–Crippen MR) is 73.1 cm³/mol. The van der Waals surface area contributed by atoms with Crippen LogP contribution in [0.1, 0.15) is 25.7 Å². The van der Waals surface area contributed by atoms with Gasteiger partial charge in [-0.25, -0.2) is 9.97 Å². The van der Waals surface area contributed by atoms with Crippen molar-refractivity contribution in [3.8, 4) is 0 Å². The van der Waals surface area contributed by atoms with Gasteiger partial charge in [0.1, 0.15) is 0 Å². The first-order valence-electron chi connectivity index (χ1n) is 5.53. The van der Waals surface area contributed by atoms with Crippen LogP contribution < -0.4 is 4.90 Å². The summed E-state index contributed by atoms with van der Waals surface area (Å²) >= 11 is 7.11. The van der Waals surface area contributed by atoms with E-state index in [9.17, 15) is 0 Å². The van der Waals surface area contributed by atoms with Crippen LogP contribution in [0.2, 0.25) is 0 Å². The molecule has 1 aliphatic carbocycles. The molecule has 2 atom stereocenters. The smallest absolute Gasteiger partial charge is 0.225 e. The predicted octanol–water partition coefficient (Wildman–Crippen LogP) is 3.38. The summed E-state index contributed by atoms with van der Waals surface area (Å²) in [4.78, 5) is 11.4. The van der Waals surface area contributed by atoms with Crippen LogP contribution in [0.3, 0.4) is 0 Å². The Morgan fingerprint density at radius 1 is 1.25 bits per heavy atom. The van der Waals surface area contributed by atoms with Gasteiger partial charge in [0.15, 0.2) is 0 Å². The summed E-state index contributed by atoms with van der Waals surface area (Å²) in [5.41, 5.74) is 0. The van der Waals surface area contributed by atoms with Gasteiger partial charge in [0.25, 0.3) is 0 Å². The van der Waals surface area contributed by atoms with Crippen LogP contribution in [0.5, 0.6) is 0 Å². The van der Waals surface area contributed by atoms with E-state index in [0.29, 0.717) is 10.9 Å². The van der Waals surface area contributed by atoms with Gasteiger partial charge in [-0.05, 0) is 28.8 Å². The van der Waals surface area contributed by atoms with Crippen LogP contribution >= 0.6 is 31.9 Å². The third kappa shape index (κ3) is 2.74. The van der Waals surface area contributed by atoms with Crippen molar-refractivity contribution in [2.24, 2.45) is 0 Å². The van der Waals surface area contributed by atoms with Crippen molar-refractivity contribution in [2.75, 3.05) is 11.9 Å². The molecule has 0 aliphatic heterocycles. The highest BCUT2D eigenvalue weighted by Crippen LogP contribution is 2.29. The van der Waals surface area contributed by atoms with Crippen molar-refractivity contribution in [3.05, 3.63) is 16.9 Å². The molecular weight excluding hydrogens is 334 g/mol. The number of alkyl halides is 1. The molecule has 2 unspecified atom stereocenters. The van der Waals surface area contributed by atoms with Gasteiger partial charge in [0, 0.05) is 30.3 Å². The van der Waals surface area contributed by atoms with Crippen LogP contribution in [-0.2, 0) is 0 Å². The second-order valence-corrected chi connectivity index (χ2v) is 6.27. The molecule has 16 heavy (non-hydrogen) atoms. The van der Waals surface area contributed by atoms with Crippen molar-refractivity contribution in [1.82, 2.24) is 9.97 Å². The molecule has 1 aliphatic rings. The molecule has 1 aromatic heterocycles. The van der Waals surface area contributed by atoms with Crippen molar-refractivity contribution < 1.29 is 0 Å². The van der Waals surface area contributed by atoms with Gasteiger partial charge < -0.3 is 4.90 Å². The molecule has 0 radical (unpaired) electrons. The summed E-state index contributed by atoms with van der Waals surface area (Å²) in [6.07, 6.45) is 8.67. The van der Waals surface area contributed by atoms with Gasteiger partial charge in [0.2, 0.25) is 5.95 Å². The van der Waals surface area contributed by atoms with E-state index in [-0.39, 0.29) is 0 Å². The SMILES string of the molecule is CN(c1ncc(Br)cn1)C1CCCCC1Br. The van der Waals surface area contributed by atoms with E-state index < -0.39 is 0 Å². The molecule has 0 amide bonds. The standard InChI is InChI=1S/C11H15Br2N3/c1-16(10-5-3-2-4-9(10)13)11-14-6-8(12)7-15-11/h6-7,9-10H,2-5H2,1H3. The van der Waals surface area contributed by atoms with E-state index in [4.69, 9.17) is 0 Å². The Labute approximate surface area is 113 Å². The third-order valence-corrected chi connectivity index (χ3v) is 4.54. The molecule has 5 heteroatoms. The molecule has 1 saturated carbocycles. The molecule has 0 saturated heterocycles. The van der Waals surface area contributed by atoms with E-state index in [2.05, 4.69) is 53.8 Å². The maximum Gasteiger partial charge on any atom is 0.225 e. The van der Waals surface area contributed by atoms with Gasteiger partial charge in [-0.2, -0.15) is 0 Å². The molecule has 0 bridgehead atoms. The quantitative estimate of drug-likeness (QED) is 0.767. The highest BCUT2D eigenvalue weighted by Gasteiger charge is 2.27. The number of anilines is 1. The Bertz CT molecular complexity index is 342. The molecule has 2 rings (SSSR count). The molecular formula is C11H15Br2N3. The molecule has 88 valence electrons. The van der Waals surface area contributed by atoms with Gasteiger partial charge >= 0.3 is 0 Å². The van der Waals surface area contributed by atoms with Gasteiger partial charge in [0.05, 0.1) is 4.47 Å². The minimum atomic E-state index is 0.509. The Balaban J connectivity index is 2.11. The number of nitrogens with zero attached hydrogens (tertiary/aromatic N) is 3. The fourth-order valence-electron chi connectivity index (χ4n) is 2.14. The molecule has 0 N–H and O–H groups in total. The Morgan fingerprint density at radius 3 is 2.50 bits per heavy atom. The Hall–Kier alpha value is -0.160. The number of halogens is 2. The van der Waals surface area contributed by atoms with Crippen LogP contribution in [0.4, 0.5) is 5.95 Å². The molecule has 0 spiro atoms. The fraction of sp³-hybridized carbons (Fsp3) is 0.636. The molecule has 1 heterocycles. The largest absolute Gasteiger partial charge is 0.340 e. The lowest BCUT2D eigenvalue weighted by Gasteiger charge is -2.35. The summed E-state index contributed by atoms with van der Waals surface area (Å²) in [7, 11) is 2.08. The van der Waals surface area contributed by atoms with E-state index in [1.54, 1.807) is 12.4 Å². The number of rotatable bonds is 2. The first-order valence-corrected chi connectivity index (χ1v) is 7.24. The van der Waals surface area contributed by atoms with Gasteiger partial charge in [-0.15, -0.1) is 0 Å². The number of aromatic nitrogens is 2. The van der Waals surface area contributed by atoms with E-state index in [1.807, 2.05) is 0 Å². The normalized spacial score (nSPS) is 25.4. The summed E-state index contributed by atoms with van der Waals surface area (Å²) in [5, 5.41) is 0. The van der Waals surface area contributed by atoms with Gasteiger partial charge in [-0.3, -0.25) is 0 Å². The highest BCUT2D eigenvalue weighted by atomic mass is 79.9. The monoisotopic (exact) mass is 347 g/mol. The second kappa shape index (κ2) is 5.45. The van der Waals surface area contributed by atoms with Crippen molar-refractivity contribution in [3.63, 3.8) is 0 Å². The van der Waals surface area contributed by atoms with Crippen molar-refractivity contribution in [2.45, 2.75) is 36.6 Å². The fourth-order valence-corrected chi connectivity index (χ4v) is 3.29. The van der Waals surface area contributed by atoms with Gasteiger partial charge in [-0.1, -0.05) is 28.8 Å². The zero-order valence-electron chi connectivity index (χ0n) is 9.24. The average Bonchev–Trinajstić information content (AvgIpc) is 2.30. The molecule has 1 fully saturated rings. The minimum absolute atomic E-state index is 0.509. The first kappa shape index (κ1) is 12.3. The van der Waals surface area contributed by atoms with Crippen LogP contribution in [0, 0.1) is 0 Å². The van der Waals surface area contributed by atoms with Crippen molar-refractivity contribution >= 4 is 37.8 Å². The number of hydrogen-bond donors (Lipinski definition) is 0. The van der Waals surface area contributed by atoms with Crippen LogP contribution in [0.15, 0.2) is 16.9 Å². The second-order valence-electron chi connectivity index (χ2n) is 4.18. The summed E-state index contributed by atoms with van der Waals surface area (Å²) in [6, 6.07) is 0.509. The Kier molecular flexibility index (Phi) is 4.19. The maximum atomic E-state index is 4.33. The first-order chi connectivity index (χ1) is 7.68.